The summed E-state index contributed by atoms with van der Waals surface area (Å²) in [6.07, 6.45) is 3.28. The van der Waals surface area contributed by atoms with Crippen molar-refractivity contribution in [1.82, 2.24) is 14.3 Å². The molecule has 162 valence electrons. The van der Waals surface area contributed by atoms with E-state index in [1.54, 1.807) is 16.7 Å². The number of anilines is 1. The van der Waals surface area contributed by atoms with Crippen molar-refractivity contribution in [1.29, 1.82) is 0 Å². The van der Waals surface area contributed by atoms with Gasteiger partial charge in [0.1, 0.15) is 0 Å². The van der Waals surface area contributed by atoms with Gasteiger partial charge in [-0.1, -0.05) is 0 Å². The van der Waals surface area contributed by atoms with Gasteiger partial charge in [0.25, 0.3) is 0 Å². The SMILES string of the molecule is O=C(O)C(F)(F)F.O=S(=O)(C1CC1)N1CCC2(CCCN(c3ncccn3)C2)C1. The van der Waals surface area contributed by atoms with Crippen molar-refractivity contribution >= 4 is 21.9 Å². The highest BCUT2D eigenvalue weighted by Gasteiger charge is 2.49. The molecule has 2 saturated heterocycles. The van der Waals surface area contributed by atoms with Crippen molar-refractivity contribution in [3.8, 4) is 0 Å². The second kappa shape index (κ2) is 8.05. The van der Waals surface area contributed by atoms with Gasteiger partial charge in [-0.3, -0.25) is 0 Å². The number of aliphatic carboxylic acids is 1. The molecule has 3 aliphatic rings. The molecule has 0 radical (unpaired) electrons. The number of rotatable bonds is 3. The summed E-state index contributed by atoms with van der Waals surface area (Å²) < 4.78 is 58.4. The van der Waals surface area contributed by atoms with Crippen molar-refractivity contribution in [3.05, 3.63) is 18.5 Å². The topological polar surface area (TPSA) is 104 Å². The third-order valence-corrected chi connectivity index (χ3v) is 7.79. The molecule has 1 saturated carbocycles. The summed E-state index contributed by atoms with van der Waals surface area (Å²) in [6, 6.07) is 1.82. The summed E-state index contributed by atoms with van der Waals surface area (Å²) in [5, 5.41) is 7.03. The number of hydrogen-bond donors (Lipinski definition) is 1. The van der Waals surface area contributed by atoms with Crippen molar-refractivity contribution in [2.75, 3.05) is 31.1 Å². The quantitative estimate of drug-likeness (QED) is 0.772. The Hall–Kier alpha value is -1.95. The minimum atomic E-state index is -5.08. The molecular weight excluding hydrogens is 413 g/mol. The molecule has 1 unspecified atom stereocenters. The van der Waals surface area contributed by atoms with E-state index < -0.39 is 22.2 Å². The van der Waals surface area contributed by atoms with E-state index in [-0.39, 0.29) is 10.7 Å². The van der Waals surface area contributed by atoms with E-state index >= 15 is 0 Å². The highest BCUT2D eigenvalue weighted by molar-refractivity contribution is 7.90. The van der Waals surface area contributed by atoms with Crippen LogP contribution < -0.4 is 4.90 Å². The molecule has 1 aromatic rings. The number of halogens is 3. The molecule has 8 nitrogen and oxygen atoms in total. The summed E-state index contributed by atoms with van der Waals surface area (Å²) in [5.74, 6) is -1.99. The zero-order chi connectivity index (χ0) is 21.3. The maximum absolute atomic E-state index is 12.5. The van der Waals surface area contributed by atoms with Crippen LogP contribution in [-0.2, 0) is 14.8 Å². The lowest BCUT2D eigenvalue weighted by Crippen LogP contribution is -2.46. The Balaban J connectivity index is 0.000000298. The van der Waals surface area contributed by atoms with Crippen molar-refractivity contribution in [3.63, 3.8) is 0 Å². The van der Waals surface area contributed by atoms with E-state index in [2.05, 4.69) is 14.9 Å². The minimum absolute atomic E-state index is 0.0827. The maximum atomic E-state index is 12.5. The summed E-state index contributed by atoms with van der Waals surface area (Å²) in [5.41, 5.74) is 0.0827. The molecule has 29 heavy (non-hydrogen) atoms. The van der Waals surface area contributed by atoms with Gasteiger partial charge in [0, 0.05) is 44.0 Å². The molecule has 4 rings (SSSR count). The van der Waals surface area contributed by atoms with Crippen molar-refractivity contribution in [2.45, 2.75) is 43.5 Å². The molecule has 0 amide bonds. The van der Waals surface area contributed by atoms with Crippen molar-refractivity contribution < 1.29 is 31.5 Å². The van der Waals surface area contributed by atoms with E-state index in [1.165, 1.54) is 0 Å². The van der Waals surface area contributed by atoms with Gasteiger partial charge in [-0.05, 0) is 38.2 Å². The van der Waals surface area contributed by atoms with Gasteiger partial charge < -0.3 is 10.0 Å². The van der Waals surface area contributed by atoms with Crippen LogP contribution in [0.15, 0.2) is 18.5 Å². The first kappa shape index (κ1) is 21.8. The average Bonchev–Trinajstić information content (AvgIpc) is 3.46. The highest BCUT2D eigenvalue weighted by Crippen LogP contribution is 2.43. The molecule has 3 fully saturated rings. The lowest BCUT2D eigenvalue weighted by Gasteiger charge is -2.40. The Labute approximate surface area is 166 Å². The molecular formula is C17H23F3N4O4S. The van der Waals surface area contributed by atoms with E-state index in [0.29, 0.717) is 13.1 Å². The number of alkyl halides is 3. The first-order chi connectivity index (χ1) is 13.5. The Morgan fingerprint density at radius 1 is 1.14 bits per heavy atom. The summed E-state index contributed by atoms with van der Waals surface area (Å²) in [7, 11) is -3.04. The first-order valence-electron chi connectivity index (χ1n) is 9.35. The van der Waals surface area contributed by atoms with Gasteiger partial charge in [0.05, 0.1) is 5.25 Å². The fourth-order valence-electron chi connectivity index (χ4n) is 3.85. The largest absolute Gasteiger partial charge is 0.490 e. The van der Waals surface area contributed by atoms with Crippen LogP contribution in [0.25, 0.3) is 0 Å². The summed E-state index contributed by atoms with van der Waals surface area (Å²) in [6.45, 7) is 3.19. The predicted molar refractivity (Wildman–Crippen MR) is 97.7 cm³/mol. The van der Waals surface area contributed by atoms with Gasteiger partial charge in [-0.2, -0.15) is 13.2 Å². The summed E-state index contributed by atoms with van der Waals surface area (Å²) in [4.78, 5) is 19.8. The van der Waals surface area contributed by atoms with E-state index in [9.17, 15) is 21.6 Å². The average molecular weight is 436 g/mol. The van der Waals surface area contributed by atoms with E-state index in [1.807, 2.05) is 6.07 Å². The number of aromatic nitrogens is 2. The van der Waals surface area contributed by atoms with Gasteiger partial charge >= 0.3 is 12.1 Å². The van der Waals surface area contributed by atoms with Gasteiger partial charge in [-0.25, -0.2) is 27.5 Å². The van der Waals surface area contributed by atoms with Crippen molar-refractivity contribution in [2.24, 2.45) is 5.41 Å². The van der Waals surface area contributed by atoms with Crippen LogP contribution in [0.5, 0.6) is 0 Å². The zero-order valence-electron chi connectivity index (χ0n) is 15.7. The number of sulfonamides is 1. The molecule has 1 spiro atoms. The minimum Gasteiger partial charge on any atom is -0.475 e. The summed E-state index contributed by atoms with van der Waals surface area (Å²) >= 11 is 0. The van der Waals surface area contributed by atoms with E-state index in [4.69, 9.17) is 9.90 Å². The number of hydrogen-bond acceptors (Lipinski definition) is 6. The van der Waals surface area contributed by atoms with Crippen LogP contribution in [0.2, 0.25) is 0 Å². The monoisotopic (exact) mass is 436 g/mol. The molecule has 12 heteroatoms. The lowest BCUT2D eigenvalue weighted by molar-refractivity contribution is -0.192. The Kier molecular flexibility index (Phi) is 6.04. The number of carbonyl (C=O) groups is 1. The van der Waals surface area contributed by atoms with Gasteiger partial charge in [0.15, 0.2) is 0 Å². The van der Waals surface area contributed by atoms with Crippen LogP contribution in [0.1, 0.15) is 32.1 Å². The van der Waals surface area contributed by atoms with Gasteiger partial charge in [-0.15, -0.1) is 0 Å². The molecule has 1 N–H and O–H groups in total. The molecule has 2 aliphatic heterocycles. The Morgan fingerprint density at radius 3 is 2.31 bits per heavy atom. The molecule has 1 aliphatic carbocycles. The fourth-order valence-corrected chi connectivity index (χ4v) is 5.81. The second-order valence-electron chi connectivity index (χ2n) is 7.70. The third kappa shape index (κ3) is 5.16. The van der Waals surface area contributed by atoms with Crippen LogP contribution >= 0.6 is 0 Å². The standard InChI is InChI=1S/C15H22N4O2S.C2HF3O2/c20-22(21,13-3-4-13)19-10-6-15(12-19)5-1-9-18(11-15)14-16-7-2-8-17-14;3-2(4,5)1(6)7/h2,7-8,13H,1,3-6,9-12H2;(H,6,7). The smallest absolute Gasteiger partial charge is 0.475 e. The van der Waals surface area contributed by atoms with E-state index in [0.717, 1.165) is 51.1 Å². The Morgan fingerprint density at radius 2 is 1.76 bits per heavy atom. The molecule has 1 aromatic heterocycles. The Bertz CT molecular complexity index is 833. The first-order valence-corrected chi connectivity index (χ1v) is 10.8. The lowest BCUT2D eigenvalue weighted by atomic mass is 9.79. The predicted octanol–water partition coefficient (Wildman–Crippen LogP) is 1.89. The molecule has 0 bridgehead atoms. The van der Waals surface area contributed by atoms with Crippen LogP contribution in [0.3, 0.4) is 0 Å². The zero-order valence-corrected chi connectivity index (χ0v) is 16.5. The van der Waals surface area contributed by atoms with Crippen LogP contribution in [0, 0.1) is 5.41 Å². The van der Waals surface area contributed by atoms with Gasteiger partial charge in [0.2, 0.25) is 16.0 Å². The third-order valence-electron chi connectivity index (χ3n) is 5.45. The second-order valence-corrected chi connectivity index (χ2v) is 9.92. The fraction of sp³-hybridized carbons (Fsp3) is 0.706. The number of carboxylic acid groups (broad SMARTS) is 1. The number of carboxylic acids is 1. The molecule has 0 aromatic carbocycles. The number of nitrogens with zero attached hydrogens (tertiary/aromatic N) is 4. The molecule has 1 atom stereocenters. The van der Waals surface area contributed by atoms with Crippen LogP contribution in [-0.4, -0.2) is 71.4 Å². The van der Waals surface area contributed by atoms with Crippen LogP contribution in [0.4, 0.5) is 19.1 Å². The molecule has 3 heterocycles. The maximum Gasteiger partial charge on any atom is 0.490 e. The highest BCUT2D eigenvalue weighted by atomic mass is 32.2. The normalized spacial score (nSPS) is 25.6. The number of piperidine rings is 1.